The van der Waals surface area contributed by atoms with Crippen LogP contribution in [-0.4, -0.2) is 21.6 Å². The molecule has 1 aliphatic carbocycles. The largest absolute Gasteiger partial charge is 0.480 e. The first-order valence-corrected chi connectivity index (χ1v) is 6.99. The molecule has 1 saturated carbocycles. The van der Waals surface area contributed by atoms with Crippen molar-refractivity contribution in [3.8, 4) is 0 Å². The predicted octanol–water partition coefficient (Wildman–Crippen LogP) is 3.55. The van der Waals surface area contributed by atoms with E-state index in [0.717, 1.165) is 12.3 Å². The average molecular weight is 230 g/mol. The van der Waals surface area contributed by atoms with Crippen molar-refractivity contribution in [2.45, 2.75) is 62.9 Å². The van der Waals surface area contributed by atoms with E-state index in [1.807, 2.05) is 6.92 Å². The molecule has 0 bridgehead atoms. The van der Waals surface area contributed by atoms with E-state index in [1.54, 1.807) is 11.8 Å². The molecule has 3 heteroatoms. The van der Waals surface area contributed by atoms with Gasteiger partial charge in [0.15, 0.2) is 0 Å². The molecule has 15 heavy (non-hydrogen) atoms. The monoisotopic (exact) mass is 230 g/mol. The summed E-state index contributed by atoms with van der Waals surface area (Å²) in [4.78, 5) is 10.9. The van der Waals surface area contributed by atoms with Gasteiger partial charge in [0.05, 0.1) is 0 Å². The molecule has 1 N–H and O–H groups in total. The fourth-order valence-corrected chi connectivity index (χ4v) is 3.56. The van der Waals surface area contributed by atoms with Gasteiger partial charge in [-0.25, -0.2) is 0 Å². The Labute approximate surface area is 96.8 Å². The lowest BCUT2D eigenvalue weighted by molar-refractivity contribution is -0.136. The lowest BCUT2D eigenvalue weighted by Crippen LogP contribution is -2.23. The first-order chi connectivity index (χ1) is 7.17. The van der Waals surface area contributed by atoms with Gasteiger partial charge in [0, 0.05) is 5.25 Å². The molecule has 0 aromatic heterocycles. The number of thioether (sulfide) groups is 1. The van der Waals surface area contributed by atoms with Gasteiger partial charge in [0.1, 0.15) is 5.25 Å². The van der Waals surface area contributed by atoms with Crippen LogP contribution in [0.2, 0.25) is 0 Å². The zero-order valence-electron chi connectivity index (χ0n) is 9.74. The molecule has 0 aromatic rings. The minimum Gasteiger partial charge on any atom is -0.480 e. The van der Waals surface area contributed by atoms with Crippen molar-refractivity contribution in [1.82, 2.24) is 0 Å². The van der Waals surface area contributed by atoms with Gasteiger partial charge in [-0.1, -0.05) is 20.3 Å². The van der Waals surface area contributed by atoms with Crippen molar-refractivity contribution in [2.24, 2.45) is 5.92 Å². The van der Waals surface area contributed by atoms with Crippen molar-refractivity contribution in [2.75, 3.05) is 0 Å². The highest BCUT2D eigenvalue weighted by atomic mass is 32.2. The van der Waals surface area contributed by atoms with Crippen molar-refractivity contribution in [3.63, 3.8) is 0 Å². The summed E-state index contributed by atoms with van der Waals surface area (Å²) >= 11 is 1.69. The molecule has 0 aliphatic heterocycles. The third kappa shape index (κ3) is 4.06. The Morgan fingerprint density at radius 2 is 1.93 bits per heavy atom. The Kier molecular flexibility index (Phi) is 5.51. The number of aliphatic carboxylic acids is 1. The summed E-state index contributed by atoms with van der Waals surface area (Å²) in [5, 5.41) is 9.39. The molecule has 1 aliphatic rings. The Morgan fingerprint density at radius 1 is 1.33 bits per heavy atom. The fourth-order valence-electron chi connectivity index (χ4n) is 2.24. The molecule has 1 unspecified atom stereocenters. The van der Waals surface area contributed by atoms with Gasteiger partial charge in [-0.2, -0.15) is 0 Å². The van der Waals surface area contributed by atoms with Crippen molar-refractivity contribution < 1.29 is 9.90 Å². The summed E-state index contributed by atoms with van der Waals surface area (Å²) in [6.07, 6.45) is 7.05. The highest BCUT2D eigenvalue weighted by Gasteiger charge is 2.25. The predicted molar refractivity (Wildman–Crippen MR) is 65.3 cm³/mol. The first kappa shape index (κ1) is 12.9. The van der Waals surface area contributed by atoms with Gasteiger partial charge >= 0.3 is 5.97 Å². The quantitative estimate of drug-likeness (QED) is 0.784. The van der Waals surface area contributed by atoms with E-state index in [4.69, 9.17) is 5.11 Å². The second-order valence-electron chi connectivity index (χ2n) is 4.42. The zero-order chi connectivity index (χ0) is 11.3. The molecule has 0 saturated heterocycles. The summed E-state index contributed by atoms with van der Waals surface area (Å²) < 4.78 is 0. The number of hydrogen-bond acceptors (Lipinski definition) is 2. The Balaban J connectivity index is 2.31. The maximum atomic E-state index is 10.9. The molecule has 0 aromatic carbocycles. The normalized spacial score (nSPS) is 28.7. The van der Waals surface area contributed by atoms with Gasteiger partial charge in [-0.05, 0) is 38.0 Å². The molecule has 0 radical (unpaired) electrons. The van der Waals surface area contributed by atoms with Gasteiger partial charge in [-0.15, -0.1) is 11.8 Å². The Bertz CT molecular complexity index is 198. The second-order valence-corrected chi connectivity index (χ2v) is 5.93. The second kappa shape index (κ2) is 6.41. The topological polar surface area (TPSA) is 37.3 Å². The molecule has 88 valence electrons. The van der Waals surface area contributed by atoms with Crippen molar-refractivity contribution in [1.29, 1.82) is 0 Å². The highest BCUT2D eigenvalue weighted by molar-refractivity contribution is 8.01. The maximum Gasteiger partial charge on any atom is 0.316 e. The smallest absolute Gasteiger partial charge is 0.316 e. The van der Waals surface area contributed by atoms with Crippen LogP contribution >= 0.6 is 11.8 Å². The van der Waals surface area contributed by atoms with Crippen LogP contribution in [0.25, 0.3) is 0 Å². The van der Waals surface area contributed by atoms with E-state index >= 15 is 0 Å². The van der Waals surface area contributed by atoms with Crippen LogP contribution in [0.4, 0.5) is 0 Å². The number of rotatable bonds is 5. The van der Waals surface area contributed by atoms with E-state index in [1.165, 1.54) is 32.1 Å². The Hall–Kier alpha value is -0.180. The number of carboxylic acid groups (broad SMARTS) is 1. The van der Waals surface area contributed by atoms with Crippen molar-refractivity contribution >= 4 is 17.7 Å². The van der Waals surface area contributed by atoms with Crippen LogP contribution in [0, 0.1) is 5.92 Å². The molecular formula is C12H22O2S. The molecular weight excluding hydrogens is 208 g/mol. The number of carboxylic acids is 1. The summed E-state index contributed by atoms with van der Waals surface area (Å²) in [5.74, 6) is 0.256. The van der Waals surface area contributed by atoms with E-state index in [-0.39, 0.29) is 5.25 Å². The molecule has 1 rings (SSSR count). The minimum atomic E-state index is -0.639. The van der Waals surface area contributed by atoms with Crippen LogP contribution in [0.1, 0.15) is 52.4 Å². The van der Waals surface area contributed by atoms with Gasteiger partial charge in [0.2, 0.25) is 0 Å². The zero-order valence-corrected chi connectivity index (χ0v) is 10.6. The SMILES string of the molecule is CCC1CCC(SC(CC)C(=O)O)CC1. The van der Waals surface area contributed by atoms with E-state index < -0.39 is 5.97 Å². The van der Waals surface area contributed by atoms with Gasteiger partial charge in [-0.3, -0.25) is 4.79 Å². The lowest BCUT2D eigenvalue weighted by atomic mass is 9.87. The standard InChI is InChI=1S/C12H22O2S/c1-3-9-5-7-10(8-6-9)15-11(4-2)12(13)14/h9-11H,3-8H2,1-2H3,(H,13,14). The van der Waals surface area contributed by atoms with Crippen LogP contribution in [0.5, 0.6) is 0 Å². The van der Waals surface area contributed by atoms with E-state index in [0.29, 0.717) is 5.25 Å². The van der Waals surface area contributed by atoms with E-state index in [2.05, 4.69) is 6.92 Å². The number of hydrogen-bond donors (Lipinski definition) is 1. The van der Waals surface area contributed by atoms with Crippen LogP contribution < -0.4 is 0 Å². The molecule has 0 heterocycles. The van der Waals surface area contributed by atoms with Crippen LogP contribution in [0.15, 0.2) is 0 Å². The fraction of sp³-hybridized carbons (Fsp3) is 0.917. The molecule has 2 nitrogen and oxygen atoms in total. The first-order valence-electron chi connectivity index (χ1n) is 6.05. The van der Waals surface area contributed by atoms with Crippen molar-refractivity contribution in [3.05, 3.63) is 0 Å². The maximum absolute atomic E-state index is 10.9. The van der Waals surface area contributed by atoms with Crippen LogP contribution in [-0.2, 0) is 4.79 Å². The van der Waals surface area contributed by atoms with E-state index in [9.17, 15) is 4.79 Å². The van der Waals surface area contributed by atoms with Crippen LogP contribution in [0.3, 0.4) is 0 Å². The molecule has 0 amide bonds. The molecule has 0 spiro atoms. The summed E-state index contributed by atoms with van der Waals surface area (Å²) in [6.45, 7) is 4.22. The Morgan fingerprint density at radius 3 is 2.33 bits per heavy atom. The van der Waals surface area contributed by atoms with Gasteiger partial charge in [0.25, 0.3) is 0 Å². The summed E-state index contributed by atoms with van der Waals surface area (Å²) in [5.41, 5.74) is 0. The minimum absolute atomic E-state index is 0.187. The average Bonchev–Trinajstić information content (AvgIpc) is 2.26. The third-order valence-electron chi connectivity index (χ3n) is 3.37. The third-order valence-corrected chi connectivity index (χ3v) is 5.09. The molecule has 1 fully saturated rings. The van der Waals surface area contributed by atoms with Gasteiger partial charge < -0.3 is 5.11 Å². The highest BCUT2D eigenvalue weighted by Crippen LogP contribution is 2.35. The summed E-state index contributed by atoms with van der Waals surface area (Å²) in [7, 11) is 0. The number of carbonyl (C=O) groups is 1. The summed E-state index contributed by atoms with van der Waals surface area (Å²) in [6, 6.07) is 0. The molecule has 1 atom stereocenters. The lowest BCUT2D eigenvalue weighted by Gasteiger charge is -2.28.